The van der Waals surface area contributed by atoms with Gasteiger partial charge in [-0.3, -0.25) is 0 Å². The van der Waals surface area contributed by atoms with Gasteiger partial charge in [0.05, 0.1) is 0 Å². The smallest absolute Gasteiger partial charge is 0.00948 e. The highest BCUT2D eigenvalue weighted by Gasteiger charge is 2.18. The molecule has 0 saturated heterocycles. The van der Waals surface area contributed by atoms with Crippen LogP contribution in [0.1, 0.15) is 122 Å². The summed E-state index contributed by atoms with van der Waals surface area (Å²) in [7, 11) is 0. The van der Waals surface area contributed by atoms with Gasteiger partial charge in [-0.05, 0) is 217 Å². The highest BCUT2D eigenvalue weighted by Crippen LogP contribution is 2.38. The third-order valence-electron chi connectivity index (χ3n) is 13.2. The van der Waals surface area contributed by atoms with Crippen molar-refractivity contribution in [1.82, 2.24) is 0 Å². The molecule has 0 aromatic heterocycles. The Labute approximate surface area is 395 Å². The van der Waals surface area contributed by atoms with Crippen LogP contribution in [0.5, 0.6) is 0 Å². The largest absolute Gasteiger partial charge is 0.0616 e. The van der Waals surface area contributed by atoms with Crippen LogP contribution in [-0.4, -0.2) is 0 Å². The fraction of sp³-hybridized carbons (Fsp3) is 0.182. The third kappa shape index (κ3) is 9.80. The topological polar surface area (TPSA) is 0 Å². The lowest BCUT2D eigenvalue weighted by Gasteiger charge is -2.20. The van der Waals surface area contributed by atoms with Gasteiger partial charge >= 0.3 is 0 Å². The first-order chi connectivity index (χ1) is 31.6. The normalized spacial score (nSPS) is 11.5. The molecule has 0 radical (unpaired) electrons. The van der Waals surface area contributed by atoms with Crippen LogP contribution in [0.15, 0.2) is 133 Å². The molecule has 0 bridgehead atoms. The minimum absolute atomic E-state index is 1.16. The average Bonchev–Trinajstić information content (AvgIpc) is 3.24. The molecule has 0 aliphatic carbocycles. The van der Waals surface area contributed by atoms with Gasteiger partial charge in [-0.25, -0.2) is 0 Å². The molecule has 8 aromatic rings. The molecule has 0 heteroatoms. The van der Waals surface area contributed by atoms with E-state index in [9.17, 15) is 0 Å². The summed E-state index contributed by atoms with van der Waals surface area (Å²) < 4.78 is 0. The first kappa shape index (κ1) is 45.5. The molecule has 0 aliphatic rings. The van der Waals surface area contributed by atoms with Crippen molar-refractivity contribution >= 4 is 58.4 Å². The van der Waals surface area contributed by atoms with E-state index in [4.69, 9.17) is 0 Å². The molecule has 8 rings (SSSR count). The molecule has 0 nitrogen and oxygen atoms in total. The molecule has 0 aliphatic heterocycles. The lowest BCUT2D eigenvalue weighted by Crippen LogP contribution is -2.01. The molecular weight excluding hydrogens is 793 g/mol. The lowest BCUT2D eigenvalue weighted by molar-refractivity contribution is 1.25. The zero-order valence-corrected chi connectivity index (χ0v) is 41.2. The van der Waals surface area contributed by atoms with Gasteiger partial charge in [0, 0.05) is 0 Å². The van der Waals surface area contributed by atoms with E-state index in [1.54, 1.807) is 0 Å². The standard InChI is InChI=1S/C66H64/c1-41-31-45(5)63(46(6)32-41)61(64-47(7)33-42(2)34-48(64)8)39-55-21-17-53(18-22-55)25-27-58-29-28-57-15-13-14-16-59(57)60(58)30-26-54-19-23-56(24-20-54)40-62(65-49(9)35-43(3)36-50(65)10)66-51(11)37-44(4)38-52(66)12/h13-40H,1-12H3/b27-25+,30-26+. The molecule has 8 aromatic carbocycles. The van der Waals surface area contributed by atoms with E-state index >= 15 is 0 Å². The van der Waals surface area contributed by atoms with Crippen molar-refractivity contribution in [2.75, 3.05) is 0 Å². The van der Waals surface area contributed by atoms with Crippen LogP contribution < -0.4 is 0 Å². The fourth-order valence-corrected chi connectivity index (χ4v) is 10.7. The molecule has 0 spiro atoms. The van der Waals surface area contributed by atoms with Crippen LogP contribution in [0.2, 0.25) is 0 Å². The maximum atomic E-state index is 2.38. The van der Waals surface area contributed by atoms with Crippen LogP contribution >= 0.6 is 0 Å². The molecule has 0 unspecified atom stereocenters. The van der Waals surface area contributed by atoms with E-state index in [0.29, 0.717) is 0 Å². The Morgan fingerprint density at radius 3 is 0.985 bits per heavy atom. The van der Waals surface area contributed by atoms with Crippen LogP contribution in [0.4, 0.5) is 0 Å². The van der Waals surface area contributed by atoms with Gasteiger partial charge in [0.1, 0.15) is 0 Å². The molecule has 0 heterocycles. The van der Waals surface area contributed by atoms with Crippen molar-refractivity contribution < 1.29 is 0 Å². The summed E-state index contributed by atoms with van der Waals surface area (Å²) in [4.78, 5) is 0. The van der Waals surface area contributed by atoms with E-state index in [0.717, 1.165) is 11.1 Å². The predicted octanol–water partition coefficient (Wildman–Crippen LogP) is 18.1. The zero-order chi connectivity index (χ0) is 46.8. The number of fused-ring (bicyclic) bond motifs is 1. The van der Waals surface area contributed by atoms with Crippen molar-refractivity contribution in [2.45, 2.75) is 83.1 Å². The monoisotopic (exact) mass is 857 g/mol. The second-order valence-electron chi connectivity index (χ2n) is 19.0. The Kier molecular flexibility index (Phi) is 13.3. The van der Waals surface area contributed by atoms with Gasteiger partial charge in [-0.15, -0.1) is 0 Å². The van der Waals surface area contributed by atoms with E-state index in [1.807, 2.05) is 0 Å². The van der Waals surface area contributed by atoms with Crippen molar-refractivity contribution in [1.29, 1.82) is 0 Å². The summed E-state index contributed by atoms with van der Waals surface area (Å²) >= 11 is 0. The summed E-state index contributed by atoms with van der Waals surface area (Å²) in [6.07, 6.45) is 13.8. The highest BCUT2D eigenvalue weighted by molar-refractivity contribution is 5.99. The van der Waals surface area contributed by atoms with E-state index < -0.39 is 0 Å². The molecule has 328 valence electrons. The summed E-state index contributed by atoms with van der Waals surface area (Å²) in [5, 5.41) is 2.47. The minimum Gasteiger partial charge on any atom is -0.0616 e. The van der Waals surface area contributed by atoms with Crippen LogP contribution in [0, 0.1) is 83.1 Å². The van der Waals surface area contributed by atoms with Crippen LogP contribution in [0.3, 0.4) is 0 Å². The summed E-state index contributed by atoms with van der Waals surface area (Å²) in [5.74, 6) is 0. The fourth-order valence-electron chi connectivity index (χ4n) is 10.7. The lowest BCUT2D eigenvalue weighted by atomic mass is 9.84. The molecule has 0 amide bonds. The number of hydrogen-bond donors (Lipinski definition) is 0. The first-order valence-electron chi connectivity index (χ1n) is 23.5. The first-order valence-corrected chi connectivity index (χ1v) is 23.5. The van der Waals surface area contributed by atoms with Crippen molar-refractivity contribution in [3.05, 3.63) is 256 Å². The summed E-state index contributed by atoms with van der Waals surface area (Å²) in [5.41, 5.74) is 30.6. The molecule has 0 saturated carbocycles. The van der Waals surface area contributed by atoms with Gasteiger partial charge < -0.3 is 0 Å². The van der Waals surface area contributed by atoms with Gasteiger partial charge in [-0.1, -0.05) is 180 Å². The van der Waals surface area contributed by atoms with E-state index in [1.165, 1.54) is 133 Å². The highest BCUT2D eigenvalue weighted by atomic mass is 14.2. The van der Waals surface area contributed by atoms with Crippen LogP contribution in [-0.2, 0) is 0 Å². The second kappa shape index (κ2) is 19.2. The number of aryl methyl sites for hydroxylation is 12. The van der Waals surface area contributed by atoms with Gasteiger partial charge in [0.2, 0.25) is 0 Å². The van der Waals surface area contributed by atoms with Gasteiger partial charge in [-0.2, -0.15) is 0 Å². The van der Waals surface area contributed by atoms with E-state index in [2.05, 4.69) is 253 Å². The van der Waals surface area contributed by atoms with Crippen molar-refractivity contribution in [3.63, 3.8) is 0 Å². The Bertz CT molecular complexity index is 3050. The molecular formula is C66H64. The quantitative estimate of drug-likeness (QED) is 0.120. The maximum Gasteiger partial charge on any atom is -0.00948 e. The Morgan fingerprint density at radius 2 is 0.621 bits per heavy atom. The molecule has 66 heavy (non-hydrogen) atoms. The Morgan fingerprint density at radius 1 is 0.303 bits per heavy atom. The van der Waals surface area contributed by atoms with Gasteiger partial charge in [0.25, 0.3) is 0 Å². The predicted molar refractivity (Wildman–Crippen MR) is 291 cm³/mol. The average molecular weight is 857 g/mol. The second-order valence-corrected chi connectivity index (χ2v) is 19.0. The van der Waals surface area contributed by atoms with Crippen molar-refractivity contribution in [2.24, 2.45) is 0 Å². The Balaban J connectivity index is 1.11. The maximum absolute atomic E-state index is 2.38. The van der Waals surface area contributed by atoms with Gasteiger partial charge in [0.15, 0.2) is 0 Å². The minimum atomic E-state index is 1.16. The molecule has 0 N–H and O–H groups in total. The number of hydrogen-bond acceptors (Lipinski definition) is 0. The summed E-state index contributed by atoms with van der Waals surface area (Å²) in [6.45, 7) is 26.7. The van der Waals surface area contributed by atoms with Crippen LogP contribution in [0.25, 0.3) is 58.4 Å². The molecule has 0 atom stereocenters. The number of benzene rings is 8. The zero-order valence-electron chi connectivity index (χ0n) is 41.2. The SMILES string of the molecule is Cc1cc(C)c(C(=Cc2ccc(/C=C/c3ccc4ccccc4c3/C=C/c3ccc(C=C(c4c(C)cc(C)cc4C)c4c(C)cc(C)cc4C)cc3)cc2)c2c(C)cc(C)cc2C)c(C)c1. The molecule has 0 fully saturated rings. The van der Waals surface area contributed by atoms with E-state index in [-0.39, 0.29) is 0 Å². The Hall–Kier alpha value is -7.02. The number of rotatable bonds is 10. The summed E-state index contributed by atoms with van der Waals surface area (Å²) in [6, 6.07) is 49.7. The van der Waals surface area contributed by atoms with Crippen molar-refractivity contribution in [3.8, 4) is 0 Å². The third-order valence-corrected chi connectivity index (χ3v) is 13.2.